The van der Waals surface area contributed by atoms with Crippen LogP contribution < -0.4 is 0 Å². The SMILES string of the molecule is O=[N+]([O-])c1ccc(C2=CCCCC2)cc1O. The van der Waals surface area contributed by atoms with E-state index in [4.69, 9.17) is 0 Å². The Labute approximate surface area is 93.4 Å². The summed E-state index contributed by atoms with van der Waals surface area (Å²) in [5, 5.41) is 20.1. The van der Waals surface area contributed by atoms with Crippen molar-refractivity contribution in [3.8, 4) is 5.75 Å². The molecule has 0 bridgehead atoms. The van der Waals surface area contributed by atoms with Crippen LogP contribution in [0, 0.1) is 10.1 Å². The lowest BCUT2D eigenvalue weighted by atomic mass is 9.93. The highest BCUT2D eigenvalue weighted by molar-refractivity contribution is 5.69. The average molecular weight is 219 g/mol. The predicted molar refractivity (Wildman–Crippen MR) is 61.2 cm³/mol. The molecule has 0 saturated heterocycles. The van der Waals surface area contributed by atoms with E-state index in [0.29, 0.717) is 0 Å². The quantitative estimate of drug-likeness (QED) is 0.613. The van der Waals surface area contributed by atoms with E-state index in [1.54, 1.807) is 6.07 Å². The topological polar surface area (TPSA) is 63.4 Å². The van der Waals surface area contributed by atoms with E-state index in [1.165, 1.54) is 24.1 Å². The zero-order valence-corrected chi connectivity index (χ0v) is 8.85. The molecule has 0 aliphatic heterocycles. The summed E-state index contributed by atoms with van der Waals surface area (Å²) in [6.45, 7) is 0. The Bertz CT molecular complexity index is 452. The third kappa shape index (κ3) is 2.05. The van der Waals surface area contributed by atoms with Gasteiger partial charge in [0.1, 0.15) is 0 Å². The Morgan fingerprint density at radius 2 is 2.12 bits per heavy atom. The second-order valence-electron chi connectivity index (χ2n) is 3.94. The maximum Gasteiger partial charge on any atom is 0.310 e. The van der Waals surface area contributed by atoms with Crippen LogP contribution in [0.2, 0.25) is 0 Å². The lowest BCUT2D eigenvalue weighted by Crippen LogP contribution is -1.93. The number of allylic oxidation sites excluding steroid dienone is 2. The Balaban J connectivity index is 2.33. The molecular formula is C12H13NO3. The van der Waals surface area contributed by atoms with Crippen molar-refractivity contribution in [1.82, 2.24) is 0 Å². The van der Waals surface area contributed by atoms with Crippen molar-refractivity contribution < 1.29 is 10.0 Å². The highest BCUT2D eigenvalue weighted by Crippen LogP contribution is 2.32. The Morgan fingerprint density at radius 3 is 2.69 bits per heavy atom. The third-order valence-electron chi connectivity index (χ3n) is 2.83. The number of aromatic hydroxyl groups is 1. The van der Waals surface area contributed by atoms with Gasteiger partial charge in [0.2, 0.25) is 0 Å². The van der Waals surface area contributed by atoms with Gasteiger partial charge in [-0.25, -0.2) is 0 Å². The van der Waals surface area contributed by atoms with Crippen molar-refractivity contribution >= 4 is 11.3 Å². The number of benzene rings is 1. The molecule has 0 saturated carbocycles. The number of rotatable bonds is 2. The first-order chi connectivity index (χ1) is 7.68. The van der Waals surface area contributed by atoms with Crippen molar-refractivity contribution in [3.63, 3.8) is 0 Å². The molecule has 0 unspecified atom stereocenters. The number of nitro benzene ring substituents is 1. The molecule has 1 N–H and O–H groups in total. The molecule has 1 aromatic rings. The predicted octanol–water partition coefficient (Wildman–Crippen LogP) is 3.26. The minimum Gasteiger partial charge on any atom is -0.502 e. The second-order valence-corrected chi connectivity index (χ2v) is 3.94. The monoisotopic (exact) mass is 219 g/mol. The summed E-state index contributed by atoms with van der Waals surface area (Å²) in [6, 6.07) is 4.55. The maximum absolute atomic E-state index is 10.5. The molecule has 4 heteroatoms. The fourth-order valence-electron chi connectivity index (χ4n) is 1.98. The van der Waals surface area contributed by atoms with Crippen molar-refractivity contribution in [2.75, 3.05) is 0 Å². The van der Waals surface area contributed by atoms with Gasteiger partial charge < -0.3 is 5.11 Å². The van der Waals surface area contributed by atoms with Crippen LogP contribution in [-0.4, -0.2) is 10.0 Å². The van der Waals surface area contributed by atoms with Crippen LogP contribution in [0.5, 0.6) is 5.75 Å². The summed E-state index contributed by atoms with van der Waals surface area (Å²) in [6.07, 6.45) is 6.51. The van der Waals surface area contributed by atoms with E-state index >= 15 is 0 Å². The van der Waals surface area contributed by atoms with Gasteiger partial charge in [-0.1, -0.05) is 6.08 Å². The molecule has 0 heterocycles. The lowest BCUT2D eigenvalue weighted by molar-refractivity contribution is -0.385. The molecule has 1 aliphatic carbocycles. The fourth-order valence-corrected chi connectivity index (χ4v) is 1.98. The van der Waals surface area contributed by atoms with Crippen molar-refractivity contribution in [1.29, 1.82) is 0 Å². The van der Waals surface area contributed by atoms with Crippen molar-refractivity contribution in [2.24, 2.45) is 0 Å². The average Bonchev–Trinajstić information content (AvgIpc) is 2.29. The van der Waals surface area contributed by atoms with Crippen LogP contribution in [0.25, 0.3) is 5.57 Å². The molecule has 0 amide bonds. The second kappa shape index (κ2) is 4.35. The zero-order chi connectivity index (χ0) is 11.5. The van der Waals surface area contributed by atoms with Crippen molar-refractivity contribution in [2.45, 2.75) is 25.7 Å². The molecule has 2 rings (SSSR count). The van der Waals surface area contributed by atoms with Crippen LogP contribution in [0.1, 0.15) is 31.2 Å². The maximum atomic E-state index is 10.5. The van der Waals surface area contributed by atoms with Gasteiger partial charge in [0, 0.05) is 6.07 Å². The van der Waals surface area contributed by atoms with E-state index in [0.717, 1.165) is 24.8 Å². The zero-order valence-electron chi connectivity index (χ0n) is 8.85. The normalized spacial score (nSPS) is 15.6. The van der Waals surface area contributed by atoms with Gasteiger partial charge in [0.25, 0.3) is 0 Å². The van der Waals surface area contributed by atoms with Gasteiger partial charge in [0.15, 0.2) is 5.75 Å². The number of hydrogen-bond acceptors (Lipinski definition) is 3. The van der Waals surface area contributed by atoms with Gasteiger partial charge in [-0.3, -0.25) is 10.1 Å². The molecule has 0 atom stereocenters. The van der Waals surface area contributed by atoms with Crippen LogP contribution in [0.15, 0.2) is 24.3 Å². The first-order valence-corrected chi connectivity index (χ1v) is 5.35. The summed E-state index contributed by atoms with van der Waals surface area (Å²) in [5.41, 5.74) is 1.83. The van der Waals surface area contributed by atoms with E-state index in [9.17, 15) is 15.2 Å². The summed E-state index contributed by atoms with van der Waals surface area (Å²) in [5.74, 6) is -0.256. The van der Waals surface area contributed by atoms with Gasteiger partial charge in [-0.2, -0.15) is 0 Å². The number of hydrogen-bond donors (Lipinski definition) is 1. The van der Waals surface area contributed by atoms with Crippen LogP contribution in [0.4, 0.5) is 5.69 Å². The largest absolute Gasteiger partial charge is 0.502 e. The summed E-state index contributed by atoms with van der Waals surface area (Å²) >= 11 is 0. The summed E-state index contributed by atoms with van der Waals surface area (Å²) in [4.78, 5) is 9.97. The van der Waals surface area contributed by atoms with Gasteiger partial charge in [0.05, 0.1) is 4.92 Å². The van der Waals surface area contributed by atoms with E-state index in [1.807, 2.05) is 0 Å². The van der Waals surface area contributed by atoms with E-state index in [-0.39, 0.29) is 11.4 Å². The van der Waals surface area contributed by atoms with E-state index < -0.39 is 4.92 Å². The third-order valence-corrected chi connectivity index (χ3v) is 2.83. The van der Waals surface area contributed by atoms with E-state index in [2.05, 4.69) is 6.08 Å². The van der Waals surface area contributed by atoms with Crippen LogP contribution in [0.3, 0.4) is 0 Å². The first-order valence-electron chi connectivity index (χ1n) is 5.35. The molecule has 16 heavy (non-hydrogen) atoms. The molecule has 0 aromatic heterocycles. The van der Waals surface area contributed by atoms with Gasteiger partial charge >= 0.3 is 5.69 Å². The van der Waals surface area contributed by atoms with Crippen LogP contribution in [-0.2, 0) is 0 Å². The minimum absolute atomic E-state index is 0.236. The molecule has 1 aliphatic rings. The lowest BCUT2D eigenvalue weighted by Gasteiger charge is -2.12. The number of nitrogens with zero attached hydrogens (tertiary/aromatic N) is 1. The number of nitro groups is 1. The Kier molecular flexibility index (Phi) is 2.90. The summed E-state index contributed by atoms with van der Waals surface area (Å²) < 4.78 is 0. The molecule has 0 radical (unpaired) electrons. The molecule has 1 aromatic carbocycles. The summed E-state index contributed by atoms with van der Waals surface area (Å²) in [7, 11) is 0. The van der Waals surface area contributed by atoms with Gasteiger partial charge in [-0.05, 0) is 49.0 Å². The van der Waals surface area contributed by atoms with Crippen LogP contribution >= 0.6 is 0 Å². The molecule has 0 fully saturated rings. The Hall–Kier alpha value is -1.84. The minimum atomic E-state index is -0.575. The van der Waals surface area contributed by atoms with Crippen molar-refractivity contribution in [3.05, 3.63) is 40.0 Å². The smallest absolute Gasteiger partial charge is 0.310 e. The molecular weight excluding hydrogens is 206 g/mol. The molecule has 0 spiro atoms. The number of phenols is 1. The highest BCUT2D eigenvalue weighted by Gasteiger charge is 2.15. The molecule has 84 valence electrons. The number of phenolic OH excluding ortho intramolecular Hbond substituents is 1. The standard InChI is InChI=1S/C12H13NO3/c14-12-8-10(6-7-11(12)13(15)16)9-4-2-1-3-5-9/h4,6-8,14H,1-3,5H2. The highest BCUT2D eigenvalue weighted by atomic mass is 16.6. The van der Waals surface area contributed by atoms with Gasteiger partial charge in [-0.15, -0.1) is 0 Å². The Morgan fingerprint density at radius 1 is 1.31 bits per heavy atom. The molecule has 4 nitrogen and oxygen atoms in total. The fraction of sp³-hybridized carbons (Fsp3) is 0.333. The first kappa shape index (κ1) is 10.7.